The van der Waals surface area contributed by atoms with E-state index in [1.54, 1.807) is 0 Å². The Bertz CT molecular complexity index is 273. The molecule has 0 aromatic heterocycles. The second kappa shape index (κ2) is 7.13. The zero-order chi connectivity index (χ0) is 11.1. The summed E-state index contributed by atoms with van der Waals surface area (Å²) in [6.45, 7) is 0. The molecule has 0 nitrogen and oxygen atoms in total. The summed E-state index contributed by atoms with van der Waals surface area (Å²) in [6.07, 6.45) is 4.35. The first-order chi connectivity index (χ1) is 7.27. The standard InChI is InChI=1S/C12H16ClFS/c1-15-8-2-3-11(9-13)10-4-6-12(14)7-5-10/h4-7,11H,2-3,8-9H2,1H3. The molecule has 0 saturated heterocycles. The minimum absolute atomic E-state index is 0.184. The molecule has 3 heteroatoms. The largest absolute Gasteiger partial charge is 0.207 e. The SMILES string of the molecule is CSCCCC(CCl)c1ccc(F)cc1. The first kappa shape index (κ1) is 12.9. The molecule has 1 rings (SSSR count). The molecule has 0 heterocycles. The summed E-state index contributed by atoms with van der Waals surface area (Å²) in [5, 5.41) is 0. The lowest BCUT2D eigenvalue weighted by Crippen LogP contribution is -2.01. The molecule has 84 valence electrons. The second-order valence-electron chi connectivity index (χ2n) is 3.54. The van der Waals surface area contributed by atoms with E-state index < -0.39 is 0 Å². The number of hydrogen-bond donors (Lipinski definition) is 0. The third kappa shape index (κ3) is 4.43. The fraction of sp³-hybridized carbons (Fsp3) is 0.500. The molecule has 15 heavy (non-hydrogen) atoms. The molecule has 1 unspecified atom stereocenters. The maximum Gasteiger partial charge on any atom is 0.123 e. The molecule has 0 N–H and O–H groups in total. The van der Waals surface area contributed by atoms with Gasteiger partial charge in [-0.15, -0.1) is 11.6 Å². The number of benzene rings is 1. The van der Waals surface area contributed by atoms with Gasteiger partial charge in [0, 0.05) is 5.88 Å². The molecule has 0 radical (unpaired) electrons. The van der Waals surface area contributed by atoms with Crippen LogP contribution in [0.15, 0.2) is 24.3 Å². The maximum atomic E-state index is 12.7. The van der Waals surface area contributed by atoms with Crippen LogP contribution in [0.5, 0.6) is 0 Å². The third-order valence-electron chi connectivity index (χ3n) is 2.43. The zero-order valence-electron chi connectivity index (χ0n) is 8.88. The highest BCUT2D eigenvalue weighted by Gasteiger charge is 2.09. The molecular weight excluding hydrogens is 231 g/mol. The van der Waals surface area contributed by atoms with Crippen molar-refractivity contribution in [3.05, 3.63) is 35.6 Å². The van der Waals surface area contributed by atoms with E-state index in [4.69, 9.17) is 11.6 Å². The van der Waals surface area contributed by atoms with E-state index >= 15 is 0 Å². The van der Waals surface area contributed by atoms with Crippen LogP contribution < -0.4 is 0 Å². The minimum atomic E-state index is -0.184. The molecule has 1 aromatic rings. The lowest BCUT2D eigenvalue weighted by molar-refractivity contribution is 0.622. The van der Waals surface area contributed by atoms with Crippen LogP contribution in [-0.4, -0.2) is 17.9 Å². The van der Waals surface area contributed by atoms with Crippen molar-refractivity contribution in [2.45, 2.75) is 18.8 Å². The van der Waals surface area contributed by atoms with Crippen molar-refractivity contribution in [3.8, 4) is 0 Å². The molecule has 1 aromatic carbocycles. The fourth-order valence-corrected chi connectivity index (χ4v) is 2.33. The summed E-state index contributed by atoms with van der Waals surface area (Å²) >= 11 is 7.77. The van der Waals surface area contributed by atoms with E-state index in [1.807, 2.05) is 23.9 Å². The third-order valence-corrected chi connectivity index (χ3v) is 3.50. The van der Waals surface area contributed by atoms with Gasteiger partial charge >= 0.3 is 0 Å². The second-order valence-corrected chi connectivity index (χ2v) is 4.83. The Morgan fingerprint density at radius 3 is 2.53 bits per heavy atom. The molecule has 0 amide bonds. The van der Waals surface area contributed by atoms with Crippen LogP contribution in [0.25, 0.3) is 0 Å². The summed E-state index contributed by atoms with van der Waals surface area (Å²) in [5.41, 5.74) is 1.15. The molecule has 0 fully saturated rings. The van der Waals surface area contributed by atoms with Crippen molar-refractivity contribution < 1.29 is 4.39 Å². The smallest absolute Gasteiger partial charge is 0.123 e. The van der Waals surface area contributed by atoms with E-state index in [2.05, 4.69) is 6.26 Å². The van der Waals surface area contributed by atoms with Gasteiger partial charge in [-0.1, -0.05) is 12.1 Å². The number of hydrogen-bond acceptors (Lipinski definition) is 1. The van der Waals surface area contributed by atoms with Gasteiger partial charge in [0.05, 0.1) is 0 Å². The topological polar surface area (TPSA) is 0 Å². The van der Waals surface area contributed by atoms with Crippen molar-refractivity contribution >= 4 is 23.4 Å². The summed E-state index contributed by atoms with van der Waals surface area (Å²) in [5.74, 6) is 1.95. The summed E-state index contributed by atoms with van der Waals surface area (Å²) in [6, 6.07) is 6.68. The van der Waals surface area contributed by atoms with Crippen molar-refractivity contribution in [2.24, 2.45) is 0 Å². The van der Waals surface area contributed by atoms with Crippen LogP contribution in [0.2, 0.25) is 0 Å². The molecule has 0 bridgehead atoms. The normalized spacial score (nSPS) is 12.7. The highest BCUT2D eigenvalue weighted by atomic mass is 35.5. The lowest BCUT2D eigenvalue weighted by Gasteiger charge is -2.13. The van der Waals surface area contributed by atoms with Gasteiger partial charge in [0.1, 0.15) is 5.82 Å². The van der Waals surface area contributed by atoms with Crippen molar-refractivity contribution in [1.29, 1.82) is 0 Å². The quantitative estimate of drug-likeness (QED) is 0.533. The van der Waals surface area contributed by atoms with Gasteiger partial charge in [-0.25, -0.2) is 4.39 Å². The Kier molecular flexibility index (Phi) is 6.11. The van der Waals surface area contributed by atoms with Crippen LogP contribution in [0.4, 0.5) is 4.39 Å². The molecule has 0 spiro atoms. The Labute approximate surface area is 100 Å². The zero-order valence-corrected chi connectivity index (χ0v) is 10.5. The molecular formula is C12H16ClFS. The Morgan fingerprint density at radius 1 is 1.33 bits per heavy atom. The van der Waals surface area contributed by atoms with Crippen molar-refractivity contribution in [3.63, 3.8) is 0 Å². The maximum absolute atomic E-state index is 12.7. The number of alkyl halides is 1. The van der Waals surface area contributed by atoms with Gasteiger partial charge < -0.3 is 0 Å². The van der Waals surface area contributed by atoms with E-state index in [0.29, 0.717) is 11.8 Å². The van der Waals surface area contributed by atoms with Gasteiger partial charge in [-0.3, -0.25) is 0 Å². The average molecular weight is 247 g/mol. The van der Waals surface area contributed by atoms with Gasteiger partial charge in [-0.05, 0) is 48.5 Å². The van der Waals surface area contributed by atoms with Gasteiger partial charge in [0.2, 0.25) is 0 Å². The van der Waals surface area contributed by atoms with Crippen LogP contribution in [0.1, 0.15) is 24.3 Å². The summed E-state index contributed by atoms with van der Waals surface area (Å²) in [4.78, 5) is 0. The number of thioether (sulfide) groups is 1. The molecule has 0 aliphatic rings. The van der Waals surface area contributed by atoms with Crippen molar-refractivity contribution in [1.82, 2.24) is 0 Å². The summed E-state index contributed by atoms with van der Waals surface area (Å²) < 4.78 is 12.7. The molecule has 1 atom stereocenters. The lowest BCUT2D eigenvalue weighted by atomic mass is 9.96. The van der Waals surface area contributed by atoms with Crippen LogP contribution in [-0.2, 0) is 0 Å². The minimum Gasteiger partial charge on any atom is -0.207 e. The van der Waals surface area contributed by atoms with E-state index in [9.17, 15) is 4.39 Å². The molecule has 0 aliphatic carbocycles. The summed E-state index contributed by atoms with van der Waals surface area (Å²) in [7, 11) is 0. The first-order valence-electron chi connectivity index (χ1n) is 5.08. The fourth-order valence-electron chi connectivity index (χ4n) is 1.54. The van der Waals surface area contributed by atoms with E-state index in [-0.39, 0.29) is 5.82 Å². The number of rotatable bonds is 6. The predicted molar refractivity (Wildman–Crippen MR) is 67.5 cm³/mol. The van der Waals surface area contributed by atoms with Crippen molar-refractivity contribution in [2.75, 3.05) is 17.9 Å². The van der Waals surface area contributed by atoms with E-state index in [1.165, 1.54) is 12.1 Å². The van der Waals surface area contributed by atoms with Gasteiger partial charge in [0.15, 0.2) is 0 Å². The van der Waals surface area contributed by atoms with Crippen LogP contribution in [0.3, 0.4) is 0 Å². The monoisotopic (exact) mass is 246 g/mol. The van der Waals surface area contributed by atoms with Crippen LogP contribution in [0, 0.1) is 5.82 Å². The molecule has 0 saturated carbocycles. The van der Waals surface area contributed by atoms with Crippen LogP contribution >= 0.6 is 23.4 Å². The molecule has 0 aliphatic heterocycles. The Balaban J connectivity index is 2.53. The Morgan fingerprint density at radius 2 is 2.00 bits per heavy atom. The predicted octanol–water partition coefficient (Wildman–Crippen LogP) is 4.29. The number of halogens is 2. The van der Waals surface area contributed by atoms with E-state index in [0.717, 1.165) is 24.2 Å². The first-order valence-corrected chi connectivity index (χ1v) is 7.01. The highest BCUT2D eigenvalue weighted by molar-refractivity contribution is 7.98. The van der Waals surface area contributed by atoms with Gasteiger partial charge in [0.25, 0.3) is 0 Å². The average Bonchev–Trinajstić information content (AvgIpc) is 2.26. The Hall–Kier alpha value is -0.210. The highest BCUT2D eigenvalue weighted by Crippen LogP contribution is 2.23. The van der Waals surface area contributed by atoms with Gasteiger partial charge in [-0.2, -0.15) is 11.8 Å².